The molecule has 4 heteroatoms. The van der Waals surface area contributed by atoms with Crippen LogP contribution in [0.2, 0.25) is 0 Å². The number of benzene rings is 1. The molecule has 2 rings (SSSR count). The van der Waals surface area contributed by atoms with Crippen molar-refractivity contribution in [2.75, 3.05) is 6.54 Å². The fraction of sp³-hybridized carbons (Fsp3) is 0.462. The van der Waals surface area contributed by atoms with Crippen LogP contribution in [0.3, 0.4) is 0 Å². The van der Waals surface area contributed by atoms with Gasteiger partial charge in [0.2, 0.25) is 0 Å². The van der Waals surface area contributed by atoms with Crippen molar-refractivity contribution < 1.29 is 9.18 Å². The Bertz CT molecular complexity index is 416. The van der Waals surface area contributed by atoms with Gasteiger partial charge in [-0.1, -0.05) is 6.42 Å². The van der Waals surface area contributed by atoms with Gasteiger partial charge in [-0.2, -0.15) is 0 Å². The summed E-state index contributed by atoms with van der Waals surface area (Å²) < 4.78 is 13.5. The van der Waals surface area contributed by atoms with Gasteiger partial charge in [0.15, 0.2) is 5.78 Å². The van der Waals surface area contributed by atoms with Gasteiger partial charge in [-0.3, -0.25) is 4.79 Å². The molecule has 0 radical (unpaired) electrons. The SMILES string of the molecule is O=C(CC1CCCCN1)c1ccc(F)cc1Br. The predicted molar refractivity (Wildman–Crippen MR) is 68.7 cm³/mol. The molecule has 1 heterocycles. The van der Waals surface area contributed by atoms with E-state index < -0.39 is 0 Å². The van der Waals surface area contributed by atoms with Gasteiger partial charge in [0.1, 0.15) is 5.82 Å². The molecule has 1 fully saturated rings. The van der Waals surface area contributed by atoms with Crippen LogP contribution in [0.5, 0.6) is 0 Å². The number of halogens is 2. The van der Waals surface area contributed by atoms with Crippen LogP contribution in [0.25, 0.3) is 0 Å². The van der Waals surface area contributed by atoms with Crippen LogP contribution in [-0.4, -0.2) is 18.4 Å². The van der Waals surface area contributed by atoms with Gasteiger partial charge >= 0.3 is 0 Å². The van der Waals surface area contributed by atoms with Crippen LogP contribution in [0.15, 0.2) is 22.7 Å². The van der Waals surface area contributed by atoms with E-state index >= 15 is 0 Å². The summed E-state index contributed by atoms with van der Waals surface area (Å²) in [5, 5.41) is 3.34. The number of ketones is 1. The number of carbonyl (C=O) groups excluding carboxylic acids is 1. The highest BCUT2D eigenvalue weighted by atomic mass is 79.9. The van der Waals surface area contributed by atoms with Crippen molar-refractivity contribution >= 4 is 21.7 Å². The normalized spacial score (nSPS) is 20.2. The Morgan fingerprint density at radius 3 is 2.94 bits per heavy atom. The minimum Gasteiger partial charge on any atom is -0.314 e. The van der Waals surface area contributed by atoms with E-state index in [0.29, 0.717) is 16.5 Å². The van der Waals surface area contributed by atoms with Crippen LogP contribution in [0.4, 0.5) is 4.39 Å². The van der Waals surface area contributed by atoms with E-state index in [1.165, 1.54) is 25.0 Å². The number of Topliss-reactive ketones (excluding diaryl/α,β-unsaturated/α-hetero) is 1. The number of hydrogen-bond donors (Lipinski definition) is 1. The molecule has 1 unspecified atom stereocenters. The third kappa shape index (κ3) is 3.36. The van der Waals surface area contributed by atoms with E-state index in [9.17, 15) is 9.18 Å². The molecule has 0 bridgehead atoms. The summed E-state index contributed by atoms with van der Waals surface area (Å²) in [6, 6.07) is 4.48. The molecule has 1 atom stereocenters. The number of nitrogens with one attached hydrogen (secondary N) is 1. The minimum absolute atomic E-state index is 0.0660. The summed E-state index contributed by atoms with van der Waals surface area (Å²) in [5.74, 6) is -0.263. The van der Waals surface area contributed by atoms with Crippen LogP contribution in [0.1, 0.15) is 36.0 Å². The molecule has 92 valence electrons. The van der Waals surface area contributed by atoms with Crippen molar-refractivity contribution in [2.45, 2.75) is 31.7 Å². The van der Waals surface area contributed by atoms with Crippen molar-refractivity contribution in [1.29, 1.82) is 0 Å². The van der Waals surface area contributed by atoms with Gasteiger partial charge in [-0.25, -0.2) is 4.39 Å². The fourth-order valence-electron chi connectivity index (χ4n) is 2.15. The van der Waals surface area contributed by atoms with E-state index in [0.717, 1.165) is 13.0 Å². The summed E-state index contributed by atoms with van der Waals surface area (Å²) in [6.45, 7) is 0.989. The summed E-state index contributed by atoms with van der Waals surface area (Å²) in [4.78, 5) is 12.1. The molecule has 17 heavy (non-hydrogen) atoms. The predicted octanol–water partition coefficient (Wildman–Crippen LogP) is 3.30. The summed E-state index contributed by atoms with van der Waals surface area (Å²) in [7, 11) is 0. The second kappa shape index (κ2) is 5.74. The maximum absolute atomic E-state index is 12.9. The maximum atomic E-state index is 12.9. The molecule has 0 spiro atoms. The number of hydrogen-bond acceptors (Lipinski definition) is 2. The zero-order valence-corrected chi connectivity index (χ0v) is 11.1. The number of rotatable bonds is 3. The van der Waals surface area contributed by atoms with E-state index in [4.69, 9.17) is 0 Å². The molecule has 0 amide bonds. The van der Waals surface area contributed by atoms with E-state index in [-0.39, 0.29) is 17.6 Å². The van der Waals surface area contributed by atoms with Gasteiger partial charge in [-0.05, 0) is 53.5 Å². The van der Waals surface area contributed by atoms with Crippen LogP contribution >= 0.6 is 15.9 Å². The summed E-state index contributed by atoms with van der Waals surface area (Å²) >= 11 is 3.23. The van der Waals surface area contributed by atoms with Crippen molar-refractivity contribution in [3.8, 4) is 0 Å². The van der Waals surface area contributed by atoms with E-state index in [1.807, 2.05) is 0 Å². The molecule has 1 aromatic rings. The first-order valence-electron chi connectivity index (χ1n) is 5.88. The Morgan fingerprint density at radius 1 is 1.47 bits per heavy atom. The van der Waals surface area contributed by atoms with Crippen LogP contribution < -0.4 is 5.32 Å². The first-order valence-corrected chi connectivity index (χ1v) is 6.68. The average molecular weight is 300 g/mol. The van der Waals surface area contributed by atoms with Crippen molar-refractivity contribution in [2.24, 2.45) is 0 Å². The van der Waals surface area contributed by atoms with Gasteiger partial charge in [0, 0.05) is 22.5 Å². The van der Waals surface area contributed by atoms with Crippen molar-refractivity contribution in [1.82, 2.24) is 5.32 Å². The van der Waals surface area contributed by atoms with Gasteiger partial charge < -0.3 is 5.32 Å². The lowest BCUT2D eigenvalue weighted by Crippen LogP contribution is -2.35. The lowest BCUT2D eigenvalue weighted by atomic mass is 9.97. The van der Waals surface area contributed by atoms with Crippen LogP contribution in [0, 0.1) is 5.82 Å². The lowest BCUT2D eigenvalue weighted by molar-refractivity contribution is 0.0963. The Kier molecular flexibility index (Phi) is 4.29. The zero-order chi connectivity index (χ0) is 12.3. The lowest BCUT2D eigenvalue weighted by Gasteiger charge is -2.22. The second-order valence-corrected chi connectivity index (χ2v) is 5.25. The zero-order valence-electron chi connectivity index (χ0n) is 9.51. The van der Waals surface area contributed by atoms with Crippen molar-refractivity contribution in [3.63, 3.8) is 0 Å². The molecule has 0 aliphatic carbocycles. The Labute approximate surface area is 109 Å². The Hall–Kier alpha value is -0.740. The van der Waals surface area contributed by atoms with E-state index in [2.05, 4.69) is 21.2 Å². The molecule has 1 saturated heterocycles. The molecule has 1 aromatic carbocycles. The third-order valence-corrected chi connectivity index (χ3v) is 3.73. The number of piperidine rings is 1. The standard InChI is InChI=1S/C13H15BrFNO/c14-12-7-9(15)4-5-11(12)13(17)8-10-3-1-2-6-16-10/h4-5,7,10,16H,1-3,6,8H2. The Morgan fingerprint density at radius 2 is 2.29 bits per heavy atom. The molecule has 1 aliphatic heterocycles. The smallest absolute Gasteiger partial charge is 0.165 e. The second-order valence-electron chi connectivity index (χ2n) is 4.40. The third-order valence-electron chi connectivity index (χ3n) is 3.08. The maximum Gasteiger partial charge on any atom is 0.165 e. The largest absolute Gasteiger partial charge is 0.314 e. The average Bonchev–Trinajstić information content (AvgIpc) is 2.30. The highest BCUT2D eigenvalue weighted by molar-refractivity contribution is 9.10. The highest BCUT2D eigenvalue weighted by Crippen LogP contribution is 2.21. The molecule has 2 nitrogen and oxygen atoms in total. The molecule has 1 N–H and O–H groups in total. The van der Waals surface area contributed by atoms with Gasteiger partial charge in [0.05, 0.1) is 0 Å². The monoisotopic (exact) mass is 299 g/mol. The molecular weight excluding hydrogens is 285 g/mol. The van der Waals surface area contributed by atoms with Gasteiger partial charge in [0.25, 0.3) is 0 Å². The fourth-order valence-corrected chi connectivity index (χ4v) is 2.72. The Balaban J connectivity index is 2.03. The first-order chi connectivity index (χ1) is 8.16. The molecule has 1 aliphatic rings. The summed E-state index contributed by atoms with van der Waals surface area (Å²) in [6.07, 6.45) is 3.90. The highest BCUT2D eigenvalue weighted by Gasteiger charge is 2.18. The first kappa shape index (κ1) is 12.7. The van der Waals surface area contributed by atoms with Gasteiger partial charge in [-0.15, -0.1) is 0 Å². The summed E-state index contributed by atoms with van der Waals surface area (Å²) in [5.41, 5.74) is 0.568. The topological polar surface area (TPSA) is 29.1 Å². The molecule has 0 aromatic heterocycles. The van der Waals surface area contributed by atoms with E-state index in [1.54, 1.807) is 6.07 Å². The minimum atomic E-state index is -0.329. The van der Waals surface area contributed by atoms with Crippen molar-refractivity contribution in [3.05, 3.63) is 34.1 Å². The molecular formula is C13H15BrFNO. The number of carbonyl (C=O) groups is 1. The molecule has 0 saturated carbocycles. The quantitative estimate of drug-likeness (QED) is 0.868. The van der Waals surface area contributed by atoms with Crippen LogP contribution in [-0.2, 0) is 0 Å².